The van der Waals surface area contributed by atoms with E-state index >= 15 is 0 Å². The average Bonchev–Trinajstić information content (AvgIpc) is 2.67. The van der Waals surface area contributed by atoms with Crippen molar-refractivity contribution >= 4 is 11.3 Å². The maximum absolute atomic E-state index is 12.2. The lowest BCUT2D eigenvalue weighted by Gasteiger charge is -2.07. The second kappa shape index (κ2) is 4.30. The molecule has 0 bridgehead atoms. The van der Waals surface area contributed by atoms with Crippen LogP contribution in [-0.2, 0) is 0 Å². The number of carbonyl (C=O) groups excluding carboxylic acids is 1. The number of nitrogens with zero attached hydrogens (tertiary/aromatic N) is 2. The summed E-state index contributed by atoms with van der Waals surface area (Å²) in [5.41, 5.74) is 8.01. The maximum Gasteiger partial charge on any atom is 0.183 e. The van der Waals surface area contributed by atoms with Gasteiger partial charge >= 0.3 is 0 Å². The zero-order valence-corrected chi connectivity index (χ0v) is 10.3. The highest BCUT2D eigenvalue weighted by atomic mass is 16.1. The fraction of sp³-hybridized carbons (Fsp3) is 0.385. The topological polar surface area (TPSA) is 60.4 Å². The van der Waals surface area contributed by atoms with Gasteiger partial charge < -0.3 is 5.73 Å². The minimum absolute atomic E-state index is 0.0464. The number of Topliss-reactive ketones (excluding diaryl/α,β-unsaturated/α-hetero) is 1. The first kappa shape index (κ1) is 11.8. The van der Waals surface area contributed by atoms with E-state index in [2.05, 4.69) is 5.10 Å². The summed E-state index contributed by atoms with van der Waals surface area (Å²) in [5, 5.41) is 4.46. The van der Waals surface area contributed by atoms with E-state index in [1.165, 1.54) is 0 Å². The van der Waals surface area contributed by atoms with Crippen molar-refractivity contribution < 1.29 is 4.79 Å². The Morgan fingerprint density at radius 1 is 1.35 bits per heavy atom. The molecule has 0 aromatic carbocycles. The first-order valence-corrected chi connectivity index (χ1v) is 5.79. The number of pyridine rings is 1. The van der Waals surface area contributed by atoms with Crippen molar-refractivity contribution in [2.45, 2.75) is 32.7 Å². The van der Waals surface area contributed by atoms with E-state index in [1.807, 2.05) is 38.2 Å². The zero-order valence-electron chi connectivity index (χ0n) is 10.3. The minimum Gasteiger partial charge on any atom is -0.321 e. The Bertz CT molecular complexity index is 555. The first-order chi connectivity index (χ1) is 8.02. The number of hydrogen-bond acceptors (Lipinski definition) is 3. The molecule has 4 nitrogen and oxygen atoms in total. The smallest absolute Gasteiger partial charge is 0.183 e. The Balaban J connectivity index is 2.72. The van der Waals surface area contributed by atoms with Crippen LogP contribution < -0.4 is 5.73 Å². The van der Waals surface area contributed by atoms with E-state index in [0.29, 0.717) is 5.56 Å². The molecule has 90 valence electrons. The van der Waals surface area contributed by atoms with Crippen LogP contribution in [0.3, 0.4) is 0 Å². The SMILES string of the molecule is CC(C)c1nn2ccccc2c1C(=O)[C@H](C)N. The third-order valence-electron chi connectivity index (χ3n) is 2.77. The molecule has 0 aliphatic heterocycles. The van der Waals surface area contributed by atoms with Gasteiger partial charge in [0.2, 0.25) is 0 Å². The van der Waals surface area contributed by atoms with Gasteiger partial charge in [0.25, 0.3) is 0 Å². The molecule has 0 saturated heterocycles. The second-order valence-corrected chi connectivity index (χ2v) is 4.60. The fourth-order valence-electron chi connectivity index (χ4n) is 1.90. The molecule has 2 heterocycles. The monoisotopic (exact) mass is 231 g/mol. The number of nitrogens with two attached hydrogens (primary N) is 1. The van der Waals surface area contributed by atoms with Crippen LogP contribution in [0.2, 0.25) is 0 Å². The van der Waals surface area contributed by atoms with Crippen molar-refractivity contribution in [3.05, 3.63) is 35.7 Å². The fourth-order valence-corrected chi connectivity index (χ4v) is 1.90. The molecule has 2 rings (SSSR count). The third kappa shape index (κ3) is 1.96. The van der Waals surface area contributed by atoms with Crippen LogP contribution in [0.25, 0.3) is 5.52 Å². The predicted octanol–water partition coefficient (Wildman–Crippen LogP) is 1.99. The van der Waals surface area contributed by atoms with Crippen molar-refractivity contribution in [1.82, 2.24) is 9.61 Å². The summed E-state index contributed by atoms with van der Waals surface area (Å²) in [6.45, 7) is 5.76. The van der Waals surface area contributed by atoms with Crippen LogP contribution in [0.4, 0.5) is 0 Å². The molecule has 1 atom stereocenters. The molecular formula is C13H17N3O. The van der Waals surface area contributed by atoms with Crippen molar-refractivity contribution in [3.63, 3.8) is 0 Å². The van der Waals surface area contributed by atoms with Crippen molar-refractivity contribution in [1.29, 1.82) is 0 Å². The number of aromatic nitrogens is 2. The molecule has 17 heavy (non-hydrogen) atoms. The summed E-state index contributed by atoms with van der Waals surface area (Å²) in [6, 6.07) is 5.19. The zero-order chi connectivity index (χ0) is 12.6. The molecule has 0 spiro atoms. The van der Waals surface area contributed by atoms with Crippen LogP contribution in [-0.4, -0.2) is 21.4 Å². The molecule has 2 aromatic rings. The Labute approximate surface area is 100 Å². The van der Waals surface area contributed by atoms with E-state index in [9.17, 15) is 4.79 Å². The quantitative estimate of drug-likeness (QED) is 0.822. The summed E-state index contributed by atoms with van der Waals surface area (Å²) >= 11 is 0. The van der Waals surface area contributed by atoms with E-state index in [1.54, 1.807) is 11.4 Å². The van der Waals surface area contributed by atoms with Crippen molar-refractivity contribution in [3.8, 4) is 0 Å². The van der Waals surface area contributed by atoms with Crippen LogP contribution in [0.5, 0.6) is 0 Å². The summed E-state index contributed by atoms with van der Waals surface area (Å²) in [7, 11) is 0. The Morgan fingerprint density at radius 3 is 2.65 bits per heavy atom. The van der Waals surface area contributed by atoms with Gasteiger partial charge in [0.05, 0.1) is 22.8 Å². The molecule has 0 saturated carbocycles. The van der Waals surface area contributed by atoms with Crippen molar-refractivity contribution in [2.75, 3.05) is 0 Å². The summed E-state index contributed by atoms with van der Waals surface area (Å²) in [4.78, 5) is 12.2. The Morgan fingerprint density at radius 2 is 2.06 bits per heavy atom. The summed E-state index contributed by atoms with van der Waals surface area (Å²) in [5.74, 6) is 0.155. The molecule has 4 heteroatoms. The highest BCUT2D eigenvalue weighted by Gasteiger charge is 2.23. The molecule has 2 N–H and O–H groups in total. The standard InChI is InChI=1S/C13H17N3O/c1-8(2)12-11(13(17)9(3)14)10-6-4-5-7-16(10)15-12/h4-9H,14H2,1-3H3/t9-/m0/s1. The van der Waals surface area contributed by atoms with Gasteiger partial charge in [-0.25, -0.2) is 4.52 Å². The Hall–Kier alpha value is -1.68. The summed E-state index contributed by atoms with van der Waals surface area (Å²) < 4.78 is 1.74. The van der Waals surface area contributed by atoms with Gasteiger partial charge in [-0.3, -0.25) is 4.79 Å². The molecule has 0 aliphatic rings. The lowest BCUT2D eigenvalue weighted by molar-refractivity contribution is 0.0968. The molecular weight excluding hydrogens is 214 g/mol. The largest absolute Gasteiger partial charge is 0.321 e. The van der Waals surface area contributed by atoms with Crippen LogP contribution >= 0.6 is 0 Å². The van der Waals surface area contributed by atoms with E-state index in [-0.39, 0.29) is 11.7 Å². The molecule has 0 aliphatic carbocycles. The normalized spacial score (nSPS) is 13.2. The summed E-state index contributed by atoms with van der Waals surface area (Å²) in [6.07, 6.45) is 1.85. The Kier molecular flexibility index (Phi) is 2.98. The number of fused-ring (bicyclic) bond motifs is 1. The van der Waals surface area contributed by atoms with E-state index in [0.717, 1.165) is 11.2 Å². The number of ketones is 1. The predicted molar refractivity (Wildman–Crippen MR) is 67.3 cm³/mol. The van der Waals surface area contributed by atoms with Gasteiger partial charge in [0.15, 0.2) is 5.78 Å². The first-order valence-electron chi connectivity index (χ1n) is 5.79. The molecule has 0 unspecified atom stereocenters. The molecule has 2 aromatic heterocycles. The van der Waals surface area contributed by atoms with Gasteiger partial charge in [-0.1, -0.05) is 19.9 Å². The van der Waals surface area contributed by atoms with Gasteiger partial charge in [-0.05, 0) is 25.0 Å². The number of carbonyl (C=O) groups is 1. The van der Waals surface area contributed by atoms with Crippen LogP contribution in [0.15, 0.2) is 24.4 Å². The average molecular weight is 231 g/mol. The van der Waals surface area contributed by atoms with Gasteiger partial charge in [0, 0.05) is 6.20 Å². The van der Waals surface area contributed by atoms with E-state index < -0.39 is 6.04 Å². The van der Waals surface area contributed by atoms with Gasteiger partial charge in [-0.15, -0.1) is 0 Å². The molecule has 0 radical (unpaired) electrons. The highest BCUT2D eigenvalue weighted by molar-refractivity contribution is 6.06. The molecule has 0 amide bonds. The lowest BCUT2D eigenvalue weighted by atomic mass is 9.98. The lowest BCUT2D eigenvalue weighted by Crippen LogP contribution is -2.27. The van der Waals surface area contributed by atoms with Gasteiger partial charge in [0.1, 0.15) is 0 Å². The molecule has 0 fully saturated rings. The highest BCUT2D eigenvalue weighted by Crippen LogP contribution is 2.23. The minimum atomic E-state index is -0.499. The number of hydrogen-bond donors (Lipinski definition) is 1. The third-order valence-corrected chi connectivity index (χ3v) is 2.77. The number of rotatable bonds is 3. The maximum atomic E-state index is 12.2. The van der Waals surface area contributed by atoms with Crippen LogP contribution in [0.1, 0.15) is 42.7 Å². The van der Waals surface area contributed by atoms with Crippen LogP contribution in [0, 0.1) is 0 Å². The van der Waals surface area contributed by atoms with Crippen molar-refractivity contribution in [2.24, 2.45) is 5.73 Å². The second-order valence-electron chi connectivity index (χ2n) is 4.60. The van der Waals surface area contributed by atoms with E-state index in [4.69, 9.17) is 5.73 Å². The van der Waals surface area contributed by atoms with Gasteiger partial charge in [-0.2, -0.15) is 5.10 Å².